The third kappa shape index (κ3) is 4.07. The van der Waals surface area contributed by atoms with Crippen LogP contribution in [-0.4, -0.2) is 29.9 Å². The SMILES string of the molecule is CCOC(=O)c1c(N=Cc2ccc(-c3cccc(C(=O)O)c3)o2)sc2c1CCCC2. The van der Waals surface area contributed by atoms with Crippen molar-refractivity contribution in [2.75, 3.05) is 6.61 Å². The number of fused-ring (bicyclic) bond motifs is 1. The lowest BCUT2D eigenvalue weighted by Gasteiger charge is -2.11. The van der Waals surface area contributed by atoms with E-state index in [1.807, 2.05) is 0 Å². The number of aromatic carboxylic acids is 1. The first kappa shape index (κ1) is 20.1. The molecule has 0 saturated carbocycles. The number of esters is 1. The topological polar surface area (TPSA) is 89.1 Å². The number of carboxylic acids is 1. The second kappa shape index (κ2) is 8.67. The number of ether oxygens (including phenoxy) is 1. The highest BCUT2D eigenvalue weighted by molar-refractivity contribution is 7.16. The van der Waals surface area contributed by atoms with E-state index in [1.54, 1.807) is 43.5 Å². The number of carboxylic acid groups (broad SMARTS) is 1. The van der Waals surface area contributed by atoms with Crippen molar-refractivity contribution in [2.45, 2.75) is 32.6 Å². The second-order valence-corrected chi connectivity index (χ2v) is 8.04. The first-order chi connectivity index (χ1) is 14.6. The zero-order valence-electron chi connectivity index (χ0n) is 16.5. The van der Waals surface area contributed by atoms with E-state index in [9.17, 15) is 9.59 Å². The smallest absolute Gasteiger partial charge is 0.341 e. The van der Waals surface area contributed by atoms with E-state index in [-0.39, 0.29) is 11.5 Å². The highest BCUT2D eigenvalue weighted by atomic mass is 32.1. The van der Waals surface area contributed by atoms with E-state index in [0.717, 1.165) is 31.2 Å². The van der Waals surface area contributed by atoms with Gasteiger partial charge in [-0.1, -0.05) is 12.1 Å². The Labute approximate surface area is 177 Å². The predicted octanol–water partition coefficient (Wildman–Crippen LogP) is 5.51. The van der Waals surface area contributed by atoms with Crippen LogP contribution < -0.4 is 0 Å². The fraction of sp³-hybridized carbons (Fsp3) is 0.261. The first-order valence-electron chi connectivity index (χ1n) is 9.86. The van der Waals surface area contributed by atoms with Crippen LogP contribution in [-0.2, 0) is 17.6 Å². The van der Waals surface area contributed by atoms with Gasteiger partial charge in [0.1, 0.15) is 16.5 Å². The number of aliphatic imine (C=N–C) groups is 1. The Morgan fingerprint density at radius 2 is 2.07 bits per heavy atom. The molecule has 6 nitrogen and oxygen atoms in total. The molecule has 0 amide bonds. The predicted molar refractivity (Wildman–Crippen MR) is 115 cm³/mol. The van der Waals surface area contributed by atoms with Crippen molar-refractivity contribution in [1.29, 1.82) is 0 Å². The maximum absolute atomic E-state index is 12.5. The van der Waals surface area contributed by atoms with Gasteiger partial charge in [-0.3, -0.25) is 0 Å². The molecule has 1 aliphatic carbocycles. The van der Waals surface area contributed by atoms with Crippen LogP contribution in [0.4, 0.5) is 5.00 Å². The van der Waals surface area contributed by atoms with Gasteiger partial charge in [0.25, 0.3) is 0 Å². The molecule has 4 rings (SSSR count). The molecule has 154 valence electrons. The van der Waals surface area contributed by atoms with Gasteiger partial charge in [0.2, 0.25) is 0 Å². The fourth-order valence-electron chi connectivity index (χ4n) is 3.56. The molecule has 2 aromatic heterocycles. The molecule has 1 aliphatic rings. The average Bonchev–Trinajstić information content (AvgIpc) is 3.37. The number of carbonyl (C=O) groups is 2. The number of thiophene rings is 1. The summed E-state index contributed by atoms with van der Waals surface area (Å²) in [6, 6.07) is 10.1. The Morgan fingerprint density at radius 1 is 1.23 bits per heavy atom. The van der Waals surface area contributed by atoms with Gasteiger partial charge in [-0.2, -0.15) is 0 Å². The van der Waals surface area contributed by atoms with Crippen molar-refractivity contribution >= 4 is 34.5 Å². The Kier molecular flexibility index (Phi) is 5.81. The van der Waals surface area contributed by atoms with Crippen molar-refractivity contribution in [3.63, 3.8) is 0 Å². The molecule has 0 atom stereocenters. The Morgan fingerprint density at radius 3 is 2.87 bits per heavy atom. The third-order valence-corrected chi connectivity index (χ3v) is 6.16. The maximum atomic E-state index is 12.5. The van der Waals surface area contributed by atoms with E-state index in [0.29, 0.717) is 34.3 Å². The minimum Gasteiger partial charge on any atom is -0.478 e. The summed E-state index contributed by atoms with van der Waals surface area (Å²) in [5, 5.41) is 9.81. The molecule has 3 aromatic rings. The van der Waals surface area contributed by atoms with E-state index < -0.39 is 5.97 Å². The Bertz CT molecular complexity index is 1120. The van der Waals surface area contributed by atoms with Gasteiger partial charge in [0.15, 0.2) is 0 Å². The van der Waals surface area contributed by atoms with Crippen molar-refractivity contribution in [1.82, 2.24) is 0 Å². The van der Waals surface area contributed by atoms with Gasteiger partial charge < -0.3 is 14.3 Å². The average molecular weight is 423 g/mol. The van der Waals surface area contributed by atoms with Gasteiger partial charge in [-0.05, 0) is 62.4 Å². The maximum Gasteiger partial charge on any atom is 0.341 e. The van der Waals surface area contributed by atoms with Crippen LogP contribution in [0.15, 0.2) is 45.8 Å². The molecule has 1 aromatic carbocycles. The van der Waals surface area contributed by atoms with Crippen molar-refractivity contribution in [3.05, 3.63) is 63.7 Å². The van der Waals surface area contributed by atoms with Gasteiger partial charge in [0.05, 0.1) is 23.9 Å². The summed E-state index contributed by atoms with van der Waals surface area (Å²) in [5.41, 5.74) is 2.52. The molecule has 0 saturated heterocycles. The molecular weight excluding hydrogens is 402 g/mol. The number of nitrogens with zero attached hydrogens (tertiary/aromatic N) is 1. The number of furan rings is 1. The van der Waals surface area contributed by atoms with Crippen LogP contribution in [0.25, 0.3) is 11.3 Å². The standard InChI is InChI=1S/C23H21NO5S/c1-2-28-23(27)20-17-8-3-4-9-19(17)30-21(20)24-13-16-10-11-18(29-16)14-6-5-7-15(12-14)22(25)26/h5-7,10-13H,2-4,8-9H2,1H3,(H,25,26). The molecule has 7 heteroatoms. The highest BCUT2D eigenvalue weighted by Gasteiger charge is 2.26. The molecule has 0 spiro atoms. The number of benzene rings is 1. The van der Waals surface area contributed by atoms with Crippen LogP contribution >= 0.6 is 11.3 Å². The largest absolute Gasteiger partial charge is 0.478 e. The summed E-state index contributed by atoms with van der Waals surface area (Å²) in [4.78, 5) is 29.5. The molecule has 2 heterocycles. The zero-order chi connectivity index (χ0) is 21.1. The molecule has 30 heavy (non-hydrogen) atoms. The van der Waals surface area contributed by atoms with Gasteiger partial charge in [0, 0.05) is 10.4 Å². The molecule has 0 unspecified atom stereocenters. The minimum atomic E-state index is -0.988. The summed E-state index contributed by atoms with van der Waals surface area (Å²) < 4.78 is 11.1. The van der Waals surface area contributed by atoms with Crippen molar-refractivity contribution < 1.29 is 23.8 Å². The third-order valence-electron chi connectivity index (χ3n) is 4.96. The van der Waals surface area contributed by atoms with E-state index in [4.69, 9.17) is 14.3 Å². The highest BCUT2D eigenvalue weighted by Crippen LogP contribution is 2.40. The molecule has 0 bridgehead atoms. The molecule has 0 fully saturated rings. The molecule has 0 radical (unpaired) electrons. The molecule has 1 N–H and O–H groups in total. The van der Waals surface area contributed by atoms with Gasteiger partial charge in [-0.15, -0.1) is 11.3 Å². The van der Waals surface area contributed by atoms with Crippen LogP contribution in [0, 0.1) is 0 Å². The quantitative estimate of drug-likeness (QED) is 0.417. The lowest BCUT2D eigenvalue weighted by Crippen LogP contribution is -2.09. The number of carbonyl (C=O) groups excluding carboxylic acids is 1. The van der Waals surface area contributed by atoms with Crippen LogP contribution in [0.1, 0.15) is 56.7 Å². The monoisotopic (exact) mass is 423 g/mol. The summed E-state index contributed by atoms with van der Waals surface area (Å²) >= 11 is 1.54. The summed E-state index contributed by atoms with van der Waals surface area (Å²) in [5.74, 6) is -0.240. The van der Waals surface area contributed by atoms with Crippen molar-refractivity contribution in [3.8, 4) is 11.3 Å². The summed E-state index contributed by atoms with van der Waals surface area (Å²) in [6.45, 7) is 2.12. The van der Waals surface area contributed by atoms with E-state index in [2.05, 4.69) is 4.99 Å². The van der Waals surface area contributed by atoms with Gasteiger partial charge in [-0.25, -0.2) is 14.6 Å². The number of rotatable bonds is 6. The molecular formula is C23H21NO5S. The number of aryl methyl sites for hydroxylation is 1. The second-order valence-electron chi connectivity index (χ2n) is 6.96. The van der Waals surface area contributed by atoms with Gasteiger partial charge >= 0.3 is 11.9 Å². The number of hydrogen-bond acceptors (Lipinski definition) is 6. The van der Waals surface area contributed by atoms with Crippen LogP contribution in [0.3, 0.4) is 0 Å². The molecule has 0 aliphatic heterocycles. The van der Waals surface area contributed by atoms with E-state index in [1.165, 1.54) is 22.3 Å². The van der Waals surface area contributed by atoms with Crippen molar-refractivity contribution in [2.24, 2.45) is 4.99 Å². The lowest BCUT2D eigenvalue weighted by molar-refractivity contribution is 0.0526. The van der Waals surface area contributed by atoms with Crippen LogP contribution in [0.5, 0.6) is 0 Å². The zero-order valence-corrected chi connectivity index (χ0v) is 17.3. The van der Waals surface area contributed by atoms with E-state index >= 15 is 0 Å². The Balaban J connectivity index is 1.62. The Hall–Kier alpha value is -3.19. The normalized spacial score (nSPS) is 13.4. The number of hydrogen-bond donors (Lipinski definition) is 1. The summed E-state index contributed by atoms with van der Waals surface area (Å²) in [7, 11) is 0. The minimum absolute atomic E-state index is 0.197. The summed E-state index contributed by atoms with van der Waals surface area (Å²) in [6.07, 6.45) is 5.61. The first-order valence-corrected chi connectivity index (χ1v) is 10.7. The van der Waals surface area contributed by atoms with Crippen LogP contribution in [0.2, 0.25) is 0 Å². The fourth-order valence-corrected chi connectivity index (χ4v) is 4.78. The lowest BCUT2D eigenvalue weighted by atomic mass is 9.95.